The molecule has 0 radical (unpaired) electrons. The number of hydrogen-bond donors (Lipinski definition) is 1. The highest BCUT2D eigenvalue weighted by Crippen LogP contribution is 2.24. The SMILES string of the molecule is CCOc1ccccc1NC(=O)[C@@H](C)N1CCCCCC1. The summed E-state index contributed by atoms with van der Waals surface area (Å²) in [6, 6.07) is 7.50. The van der Waals surface area contributed by atoms with E-state index in [-0.39, 0.29) is 11.9 Å². The number of nitrogens with zero attached hydrogens (tertiary/aromatic N) is 1. The first-order chi connectivity index (χ1) is 10.2. The topological polar surface area (TPSA) is 41.6 Å². The Morgan fingerprint density at radius 1 is 1.24 bits per heavy atom. The summed E-state index contributed by atoms with van der Waals surface area (Å²) in [6.45, 7) is 6.56. The lowest BCUT2D eigenvalue weighted by molar-refractivity contribution is -0.120. The molecule has 1 aliphatic heterocycles. The molecular weight excluding hydrogens is 264 g/mol. The largest absolute Gasteiger partial charge is 0.492 e. The van der Waals surface area contributed by atoms with Crippen LogP contribution in [0, 0.1) is 0 Å². The number of anilines is 1. The Hall–Kier alpha value is -1.55. The summed E-state index contributed by atoms with van der Waals surface area (Å²) in [5, 5.41) is 3.01. The lowest BCUT2D eigenvalue weighted by atomic mass is 10.2. The maximum absolute atomic E-state index is 12.5. The van der Waals surface area contributed by atoms with E-state index in [0.29, 0.717) is 6.61 Å². The standard InChI is InChI=1S/C17H26N2O2/c1-3-21-16-11-7-6-10-15(16)18-17(20)14(2)19-12-8-4-5-9-13-19/h6-7,10-11,14H,3-5,8-9,12-13H2,1-2H3,(H,18,20)/t14-/m1/s1. The number of amides is 1. The second-order valence-corrected chi connectivity index (χ2v) is 5.54. The van der Waals surface area contributed by atoms with Crippen LogP contribution >= 0.6 is 0 Å². The quantitative estimate of drug-likeness (QED) is 0.904. The summed E-state index contributed by atoms with van der Waals surface area (Å²) in [7, 11) is 0. The minimum Gasteiger partial charge on any atom is -0.492 e. The number of benzene rings is 1. The van der Waals surface area contributed by atoms with E-state index in [0.717, 1.165) is 24.5 Å². The van der Waals surface area contributed by atoms with Gasteiger partial charge in [-0.25, -0.2) is 0 Å². The molecule has 1 aromatic rings. The van der Waals surface area contributed by atoms with Gasteiger partial charge in [-0.3, -0.25) is 9.69 Å². The molecule has 0 spiro atoms. The molecule has 4 heteroatoms. The van der Waals surface area contributed by atoms with E-state index in [9.17, 15) is 4.79 Å². The average molecular weight is 290 g/mol. The molecule has 1 heterocycles. The minimum atomic E-state index is -0.0993. The Morgan fingerprint density at radius 3 is 2.57 bits per heavy atom. The fourth-order valence-electron chi connectivity index (χ4n) is 2.74. The molecule has 1 saturated heterocycles. The van der Waals surface area contributed by atoms with Crippen LogP contribution in [0.1, 0.15) is 39.5 Å². The summed E-state index contributed by atoms with van der Waals surface area (Å²) in [5.74, 6) is 0.778. The lowest BCUT2D eigenvalue weighted by Gasteiger charge is -2.26. The van der Waals surface area contributed by atoms with Crippen LogP contribution in [0.2, 0.25) is 0 Å². The van der Waals surface area contributed by atoms with Crippen LogP contribution in [0.3, 0.4) is 0 Å². The van der Waals surface area contributed by atoms with E-state index in [1.165, 1.54) is 25.7 Å². The van der Waals surface area contributed by atoms with Crippen molar-refractivity contribution in [1.29, 1.82) is 0 Å². The predicted octanol–water partition coefficient (Wildman–Crippen LogP) is 3.29. The fourth-order valence-corrected chi connectivity index (χ4v) is 2.74. The first kappa shape index (κ1) is 15.8. The van der Waals surface area contributed by atoms with Gasteiger partial charge in [0, 0.05) is 0 Å². The number of para-hydroxylation sites is 2. The van der Waals surface area contributed by atoms with Crippen molar-refractivity contribution in [2.75, 3.05) is 25.0 Å². The van der Waals surface area contributed by atoms with Crippen molar-refractivity contribution in [1.82, 2.24) is 4.90 Å². The molecule has 1 fully saturated rings. The van der Waals surface area contributed by atoms with Crippen LogP contribution in [0.4, 0.5) is 5.69 Å². The van der Waals surface area contributed by atoms with Crippen molar-refractivity contribution >= 4 is 11.6 Å². The predicted molar refractivity (Wildman–Crippen MR) is 85.7 cm³/mol. The van der Waals surface area contributed by atoms with Gasteiger partial charge in [-0.05, 0) is 51.9 Å². The van der Waals surface area contributed by atoms with Crippen LogP contribution in [-0.4, -0.2) is 36.5 Å². The van der Waals surface area contributed by atoms with E-state index >= 15 is 0 Å². The Kier molecular flexibility index (Phi) is 6.05. The fraction of sp³-hybridized carbons (Fsp3) is 0.588. The zero-order chi connectivity index (χ0) is 15.1. The second-order valence-electron chi connectivity index (χ2n) is 5.54. The van der Waals surface area contributed by atoms with Gasteiger partial charge in [0.05, 0.1) is 18.3 Å². The van der Waals surface area contributed by atoms with Gasteiger partial charge < -0.3 is 10.1 Å². The minimum absolute atomic E-state index is 0.0454. The van der Waals surface area contributed by atoms with E-state index in [1.54, 1.807) is 0 Å². The zero-order valence-electron chi connectivity index (χ0n) is 13.1. The van der Waals surface area contributed by atoms with Crippen LogP contribution < -0.4 is 10.1 Å². The summed E-state index contributed by atoms with van der Waals surface area (Å²) in [5.41, 5.74) is 0.756. The number of ether oxygens (including phenoxy) is 1. The number of carbonyl (C=O) groups excluding carboxylic acids is 1. The average Bonchev–Trinajstić information content (AvgIpc) is 2.78. The number of carbonyl (C=O) groups is 1. The molecule has 21 heavy (non-hydrogen) atoms. The smallest absolute Gasteiger partial charge is 0.241 e. The highest BCUT2D eigenvalue weighted by molar-refractivity contribution is 5.95. The molecule has 116 valence electrons. The highest BCUT2D eigenvalue weighted by atomic mass is 16.5. The summed E-state index contributed by atoms with van der Waals surface area (Å²) >= 11 is 0. The van der Waals surface area contributed by atoms with Crippen LogP contribution in [0.25, 0.3) is 0 Å². The van der Waals surface area contributed by atoms with Gasteiger partial charge in [0.2, 0.25) is 5.91 Å². The van der Waals surface area contributed by atoms with Gasteiger partial charge in [-0.1, -0.05) is 25.0 Å². The van der Waals surface area contributed by atoms with Gasteiger partial charge in [-0.15, -0.1) is 0 Å². The van der Waals surface area contributed by atoms with Crippen molar-refractivity contribution < 1.29 is 9.53 Å². The normalized spacial score (nSPS) is 17.8. The monoisotopic (exact) mass is 290 g/mol. The molecule has 0 aromatic heterocycles. The molecule has 0 aliphatic carbocycles. The maximum Gasteiger partial charge on any atom is 0.241 e. The van der Waals surface area contributed by atoms with Gasteiger partial charge in [-0.2, -0.15) is 0 Å². The zero-order valence-corrected chi connectivity index (χ0v) is 13.1. The second kappa shape index (κ2) is 8.03. The van der Waals surface area contributed by atoms with Crippen molar-refractivity contribution in [3.63, 3.8) is 0 Å². The number of likely N-dealkylation sites (tertiary alicyclic amines) is 1. The molecule has 0 bridgehead atoms. The first-order valence-corrected chi connectivity index (χ1v) is 7.99. The Labute approximate surface area is 127 Å². The lowest BCUT2D eigenvalue weighted by Crippen LogP contribution is -2.42. The molecule has 1 amide bonds. The van der Waals surface area contributed by atoms with Crippen LogP contribution in [0.15, 0.2) is 24.3 Å². The Bertz CT molecular complexity index is 454. The van der Waals surface area contributed by atoms with E-state index in [1.807, 2.05) is 38.1 Å². The first-order valence-electron chi connectivity index (χ1n) is 7.99. The maximum atomic E-state index is 12.5. The van der Waals surface area contributed by atoms with Crippen molar-refractivity contribution in [3.05, 3.63) is 24.3 Å². The Balaban J connectivity index is 1.99. The third kappa shape index (κ3) is 4.46. The molecule has 1 N–H and O–H groups in total. The molecule has 0 unspecified atom stereocenters. The molecule has 0 saturated carbocycles. The van der Waals surface area contributed by atoms with E-state index in [2.05, 4.69) is 10.2 Å². The van der Waals surface area contributed by atoms with Gasteiger partial charge in [0.15, 0.2) is 0 Å². The van der Waals surface area contributed by atoms with Gasteiger partial charge in [0.25, 0.3) is 0 Å². The van der Waals surface area contributed by atoms with Crippen LogP contribution in [0.5, 0.6) is 5.75 Å². The van der Waals surface area contributed by atoms with Gasteiger partial charge in [0.1, 0.15) is 5.75 Å². The molecule has 1 aromatic carbocycles. The Morgan fingerprint density at radius 2 is 1.90 bits per heavy atom. The molecule has 2 rings (SSSR count). The number of rotatable bonds is 5. The number of hydrogen-bond acceptors (Lipinski definition) is 3. The van der Waals surface area contributed by atoms with Gasteiger partial charge >= 0.3 is 0 Å². The van der Waals surface area contributed by atoms with Crippen molar-refractivity contribution in [2.24, 2.45) is 0 Å². The molecule has 1 atom stereocenters. The summed E-state index contributed by atoms with van der Waals surface area (Å²) < 4.78 is 5.55. The molecule has 1 aliphatic rings. The summed E-state index contributed by atoms with van der Waals surface area (Å²) in [6.07, 6.45) is 4.93. The van der Waals surface area contributed by atoms with E-state index < -0.39 is 0 Å². The third-order valence-corrected chi connectivity index (χ3v) is 4.01. The summed E-state index contributed by atoms with van der Waals surface area (Å²) in [4.78, 5) is 14.8. The highest BCUT2D eigenvalue weighted by Gasteiger charge is 2.22. The number of nitrogens with one attached hydrogen (secondary N) is 1. The molecular formula is C17H26N2O2. The van der Waals surface area contributed by atoms with E-state index in [4.69, 9.17) is 4.74 Å². The van der Waals surface area contributed by atoms with Crippen LogP contribution in [-0.2, 0) is 4.79 Å². The third-order valence-electron chi connectivity index (χ3n) is 4.01. The molecule has 4 nitrogen and oxygen atoms in total. The van der Waals surface area contributed by atoms with Crippen molar-refractivity contribution in [2.45, 2.75) is 45.6 Å². The van der Waals surface area contributed by atoms with Crippen molar-refractivity contribution in [3.8, 4) is 5.75 Å².